The third-order valence-electron chi connectivity index (χ3n) is 6.84. The Morgan fingerprint density at radius 2 is 1.95 bits per heavy atom. The van der Waals surface area contributed by atoms with Gasteiger partial charge in [0, 0.05) is 23.2 Å². The van der Waals surface area contributed by atoms with Gasteiger partial charge in [-0.15, -0.1) is 23.1 Å². The van der Waals surface area contributed by atoms with Gasteiger partial charge in [-0.3, -0.25) is 25.2 Å². The van der Waals surface area contributed by atoms with Crippen molar-refractivity contribution in [3.05, 3.63) is 70.6 Å². The number of hydrazine groups is 1. The van der Waals surface area contributed by atoms with Gasteiger partial charge >= 0.3 is 5.97 Å². The molecule has 0 spiro atoms. The number of para-hydroxylation sites is 1. The predicted octanol–water partition coefficient (Wildman–Crippen LogP) is 3.85. The molecule has 2 aliphatic rings. The molecule has 204 valence electrons. The lowest BCUT2D eigenvalue weighted by molar-refractivity contribution is -0.124. The van der Waals surface area contributed by atoms with Gasteiger partial charge < -0.3 is 10.1 Å². The largest absolute Gasteiger partial charge is 0.462 e. The van der Waals surface area contributed by atoms with Crippen LogP contribution >= 0.6 is 23.1 Å². The quantitative estimate of drug-likeness (QED) is 0.305. The smallest absolute Gasteiger partial charge is 0.341 e. The molecule has 0 saturated carbocycles. The molecule has 9 nitrogen and oxygen atoms in total. The van der Waals surface area contributed by atoms with Crippen LogP contribution in [0.1, 0.15) is 28.4 Å². The number of esters is 1. The molecule has 0 aliphatic carbocycles. The van der Waals surface area contributed by atoms with Gasteiger partial charge in [0.05, 0.1) is 24.4 Å². The second-order valence-corrected chi connectivity index (χ2v) is 11.4. The minimum absolute atomic E-state index is 0.0127. The molecular formula is C28H31N5O4S2. The van der Waals surface area contributed by atoms with Gasteiger partial charge in [0.1, 0.15) is 16.1 Å². The lowest BCUT2D eigenvalue weighted by Crippen LogP contribution is -2.64. The van der Waals surface area contributed by atoms with E-state index >= 15 is 0 Å². The molecule has 5 rings (SSSR count). The lowest BCUT2D eigenvalue weighted by atomic mass is 9.99. The maximum atomic E-state index is 13.4. The Labute approximate surface area is 235 Å². The summed E-state index contributed by atoms with van der Waals surface area (Å²) >= 11 is 2.61. The zero-order chi connectivity index (χ0) is 27.5. The van der Waals surface area contributed by atoms with Crippen molar-refractivity contribution in [2.75, 3.05) is 29.1 Å². The number of amides is 2. The third kappa shape index (κ3) is 5.73. The van der Waals surface area contributed by atoms with Crippen molar-refractivity contribution in [3.63, 3.8) is 0 Å². The van der Waals surface area contributed by atoms with Crippen LogP contribution in [0.2, 0.25) is 0 Å². The van der Waals surface area contributed by atoms with E-state index < -0.39 is 11.5 Å². The van der Waals surface area contributed by atoms with E-state index in [4.69, 9.17) is 4.74 Å². The number of fused-ring (bicyclic) bond motifs is 1. The fourth-order valence-electron chi connectivity index (χ4n) is 4.68. The second kappa shape index (κ2) is 11.9. The number of nitrogens with zero attached hydrogens (tertiary/aromatic N) is 1. The van der Waals surface area contributed by atoms with E-state index in [1.807, 2.05) is 67.8 Å². The Bertz CT molecular complexity index is 1380. The van der Waals surface area contributed by atoms with Gasteiger partial charge in [-0.05, 0) is 49.6 Å². The molecule has 2 saturated heterocycles. The maximum Gasteiger partial charge on any atom is 0.341 e. The van der Waals surface area contributed by atoms with Crippen LogP contribution in [-0.2, 0) is 14.3 Å². The first kappa shape index (κ1) is 27.4. The summed E-state index contributed by atoms with van der Waals surface area (Å²) in [6.07, 6.45) is -0.230. The van der Waals surface area contributed by atoms with Crippen molar-refractivity contribution >= 4 is 51.6 Å². The fraction of sp³-hybridized carbons (Fsp3) is 0.321. The van der Waals surface area contributed by atoms with Crippen LogP contribution in [0, 0.1) is 19.8 Å². The Balaban J connectivity index is 1.34. The van der Waals surface area contributed by atoms with Gasteiger partial charge in [0.25, 0.3) is 0 Å². The number of hydrogen-bond donors (Lipinski definition) is 4. The number of benzene rings is 2. The summed E-state index contributed by atoms with van der Waals surface area (Å²) < 4.78 is 5.34. The van der Waals surface area contributed by atoms with Crippen LogP contribution in [0.4, 0.5) is 10.7 Å². The summed E-state index contributed by atoms with van der Waals surface area (Å²) in [5, 5.41) is 8.67. The van der Waals surface area contributed by atoms with E-state index in [0.717, 1.165) is 27.9 Å². The zero-order valence-electron chi connectivity index (χ0n) is 21.9. The highest BCUT2D eigenvalue weighted by Gasteiger charge is 2.45. The Kier molecular flexibility index (Phi) is 8.34. The van der Waals surface area contributed by atoms with Crippen LogP contribution in [0.5, 0.6) is 0 Å². The number of thioether (sulfide) groups is 1. The number of aryl methyl sites for hydroxylation is 2. The normalized spacial score (nSPS) is 20.5. The summed E-state index contributed by atoms with van der Waals surface area (Å²) in [7, 11) is 0. The molecule has 39 heavy (non-hydrogen) atoms. The lowest BCUT2D eigenvalue weighted by Gasteiger charge is -2.41. The van der Waals surface area contributed by atoms with Crippen molar-refractivity contribution in [3.8, 4) is 11.1 Å². The number of nitrogens with one attached hydrogen (secondary N) is 4. The maximum absolute atomic E-state index is 13.4. The molecule has 3 unspecified atom stereocenters. The monoisotopic (exact) mass is 565 g/mol. The van der Waals surface area contributed by atoms with Crippen molar-refractivity contribution in [1.29, 1.82) is 0 Å². The average Bonchev–Trinajstić information content (AvgIpc) is 3.57. The van der Waals surface area contributed by atoms with Crippen molar-refractivity contribution in [2.45, 2.75) is 32.4 Å². The molecule has 3 heterocycles. The number of carbonyl (C=O) groups excluding carboxylic acids is 3. The molecule has 1 aromatic heterocycles. The van der Waals surface area contributed by atoms with E-state index in [2.05, 4.69) is 21.5 Å². The molecule has 3 atom stereocenters. The van der Waals surface area contributed by atoms with Crippen LogP contribution in [0.15, 0.2) is 53.9 Å². The highest BCUT2D eigenvalue weighted by atomic mass is 32.2. The van der Waals surface area contributed by atoms with Gasteiger partial charge in [-0.25, -0.2) is 10.2 Å². The summed E-state index contributed by atoms with van der Waals surface area (Å²) in [5.41, 5.74) is 10.7. The highest BCUT2D eigenvalue weighted by molar-refractivity contribution is 8.00. The molecule has 0 bridgehead atoms. The minimum atomic E-state index is -0.476. The predicted molar refractivity (Wildman–Crippen MR) is 156 cm³/mol. The average molecular weight is 566 g/mol. The molecule has 2 aliphatic heterocycles. The number of thiophene rings is 1. The molecule has 2 aromatic carbocycles. The first-order chi connectivity index (χ1) is 18.9. The van der Waals surface area contributed by atoms with Crippen LogP contribution in [0.3, 0.4) is 0 Å². The third-order valence-corrected chi connectivity index (χ3v) is 8.83. The molecule has 4 N–H and O–H groups in total. The Hall–Kier alpha value is -3.22. The number of rotatable bonds is 8. The Morgan fingerprint density at radius 3 is 2.69 bits per heavy atom. The van der Waals surface area contributed by atoms with Crippen molar-refractivity contribution in [1.82, 2.24) is 16.2 Å². The fourth-order valence-corrected chi connectivity index (χ4v) is 6.65. The first-order valence-corrected chi connectivity index (χ1v) is 14.7. The van der Waals surface area contributed by atoms with Crippen LogP contribution in [0.25, 0.3) is 11.1 Å². The van der Waals surface area contributed by atoms with E-state index in [-0.39, 0.29) is 36.3 Å². The van der Waals surface area contributed by atoms with Gasteiger partial charge in [0.15, 0.2) is 0 Å². The summed E-state index contributed by atoms with van der Waals surface area (Å²) in [6, 6.07) is 15.5. The van der Waals surface area contributed by atoms with E-state index in [9.17, 15) is 14.4 Å². The van der Waals surface area contributed by atoms with Gasteiger partial charge in [-0.2, -0.15) is 0 Å². The molecule has 2 fully saturated rings. The minimum Gasteiger partial charge on any atom is -0.462 e. The topological polar surface area (TPSA) is 112 Å². The summed E-state index contributed by atoms with van der Waals surface area (Å²) in [5.74, 6) is -0.950. The standard InChI is InChI=1S/C28H31N5O4S2/c1-4-37-27(36)23-21(18-11-10-16(2)17(3)12-18)14-38-25(23)30-22(34)15-39-28-31-24-20(13-29-32-24)26(35)33(28)19-8-6-5-7-9-19/h5-12,14,20,24,28-29,31-32H,4,13,15H2,1-3H3,(H,30,34). The number of ether oxygens (including phenoxy) is 1. The molecule has 2 amide bonds. The van der Waals surface area contributed by atoms with E-state index in [0.29, 0.717) is 17.1 Å². The second-order valence-electron chi connectivity index (χ2n) is 9.40. The summed E-state index contributed by atoms with van der Waals surface area (Å²) in [4.78, 5) is 41.2. The summed E-state index contributed by atoms with van der Waals surface area (Å²) in [6.45, 7) is 6.57. The highest BCUT2D eigenvalue weighted by Crippen LogP contribution is 2.37. The first-order valence-electron chi connectivity index (χ1n) is 12.8. The number of hydrogen-bond acceptors (Lipinski definition) is 9. The van der Waals surface area contributed by atoms with Crippen molar-refractivity contribution in [2.24, 2.45) is 5.92 Å². The van der Waals surface area contributed by atoms with Crippen LogP contribution in [-0.4, -0.2) is 48.4 Å². The van der Waals surface area contributed by atoms with E-state index in [1.54, 1.807) is 11.8 Å². The van der Waals surface area contributed by atoms with Gasteiger partial charge in [-0.1, -0.05) is 36.4 Å². The molecule has 11 heteroatoms. The Morgan fingerprint density at radius 1 is 1.15 bits per heavy atom. The molecular weight excluding hydrogens is 534 g/mol. The number of carbonyl (C=O) groups is 3. The van der Waals surface area contributed by atoms with E-state index in [1.165, 1.54) is 23.1 Å². The molecule has 3 aromatic rings. The number of anilines is 2. The molecule has 0 radical (unpaired) electrons. The van der Waals surface area contributed by atoms with Crippen molar-refractivity contribution < 1.29 is 19.1 Å². The van der Waals surface area contributed by atoms with Gasteiger partial charge in [0.2, 0.25) is 11.8 Å². The zero-order valence-corrected chi connectivity index (χ0v) is 23.6. The van der Waals surface area contributed by atoms with Crippen LogP contribution < -0.4 is 26.4 Å². The SMILES string of the molecule is CCOC(=O)c1c(-c2ccc(C)c(C)c2)csc1NC(=O)CSC1NC2NNCC2C(=O)N1c1ccccc1.